The first-order valence-electron chi connectivity index (χ1n) is 8.60. The molecule has 0 heterocycles. The minimum atomic E-state index is -0.178. The van der Waals surface area contributed by atoms with E-state index in [1.54, 1.807) is 6.92 Å². The minimum absolute atomic E-state index is 0.174. The van der Waals surface area contributed by atoms with Gasteiger partial charge in [0.1, 0.15) is 0 Å². The Balaban J connectivity index is 2.09. The summed E-state index contributed by atoms with van der Waals surface area (Å²) in [7, 11) is 0. The summed E-state index contributed by atoms with van der Waals surface area (Å²) in [5, 5.41) is 2.96. The number of hydrogen-bond donors (Lipinski definition) is 1. The zero-order chi connectivity index (χ0) is 15.5. The quantitative estimate of drug-likeness (QED) is 0.524. The summed E-state index contributed by atoms with van der Waals surface area (Å²) in [5.41, 5.74) is 0. The van der Waals surface area contributed by atoms with Crippen LogP contribution in [-0.4, -0.2) is 25.0 Å². The third kappa shape index (κ3) is 7.49. The van der Waals surface area contributed by atoms with E-state index in [1.807, 2.05) is 0 Å². The Morgan fingerprint density at radius 1 is 1.10 bits per heavy atom. The highest BCUT2D eigenvalue weighted by Crippen LogP contribution is 2.31. The number of amides is 1. The van der Waals surface area contributed by atoms with Crippen molar-refractivity contribution in [3.05, 3.63) is 0 Å². The second-order valence-corrected chi connectivity index (χ2v) is 6.06. The topological polar surface area (TPSA) is 55.4 Å². The maximum absolute atomic E-state index is 12.1. The monoisotopic (exact) mass is 297 g/mol. The van der Waals surface area contributed by atoms with Crippen molar-refractivity contribution in [3.63, 3.8) is 0 Å². The summed E-state index contributed by atoms with van der Waals surface area (Å²) in [6, 6.07) is 0. The molecule has 1 aliphatic carbocycles. The summed E-state index contributed by atoms with van der Waals surface area (Å²) >= 11 is 0. The van der Waals surface area contributed by atoms with Crippen LogP contribution in [0, 0.1) is 11.8 Å². The fourth-order valence-corrected chi connectivity index (χ4v) is 3.03. The van der Waals surface area contributed by atoms with Gasteiger partial charge in [0.15, 0.2) is 0 Å². The maximum atomic E-state index is 12.1. The highest BCUT2D eigenvalue weighted by atomic mass is 16.5. The summed E-state index contributed by atoms with van der Waals surface area (Å²) in [4.78, 5) is 23.2. The molecular weight excluding hydrogens is 266 g/mol. The molecule has 4 nitrogen and oxygen atoms in total. The second-order valence-electron chi connectivity index (χ2n) is 6.06. The van der Waals surface area contributed by atoms with E-state index in [0.29, 0.717) is 26.0 Å². The van der Waals surface area contributed by atoms with E-state index in [-0.39, 0.29) is 17.8 Å². The van der Waals surface area contributed by atoms with Crippen molar-refractivity contribution in [2.24, 2.45) is 11.8 Å². The fraction of sp³-hybridized carbons (Fsp3) is 0.882. The first kappa shape index (κ1) is 18.0. The van der Waals surface area contributed by atoms with Gasteiger partial charge in [-0.1, -0.05) is 26.2 Å². The lowest BCUT2D eigenvalue weighted by molar-refractivity contribution is -0.143. The fourth-order valence-electron chi connectivity index (χ4n) is 3.03. The first-order valence-corrected chi connectivity index (χ1v) is 8.60. The molecule has 0 saturated heterocycles. The number of unbranched alkanes of at least 4 members (excludes halogenated alkanes) is 1. The van der Waals surface area contributed by atoms with E-state index >= 15 is 0 Å². The molecule has 0 aliphatic heterocycles. The lowest BCUT2D eigenvalue weighted by Gasteiger charge is -2.27. The van der Waals surface area contributed by atoms with Gasteiger partial charge in [-0.05, 0) is 44.9 Å². The Hall–Kier alpha value is -1.06. The molecule has 1 fully saturated rings. The molecule has 0 unspecified atom stereocenters. The van der Waals surface area contributed by atoms with Crippen LogP contribution in [0.25, 0.3) is 0 Å². The van der Waals surface area contributed by atoms with Crippen LogP contribution >= 0.6 is 0 Å². The number of hydrogen-bond acceptors (Lipinski definition) is 3. The molecule has 0 bridgehead atoms. The van der Waals surface area contributed by atoms with Crippen LogP contribution in [0.4, 0.5) is 0 Å². The van der Waals surface area contributed by atoms with Gasteiger partial charge >= 0.3 is 5.97 Å². The molecule has 0 radical (unpaired) electrons. The number of carbonyl (C=O) groups is 2. The Labute approximate surface area is 129 Å². The summed E-state index contributed by atoms with van der Waals surface area (Å²) < 4.78 is 4.86. The molecule has 0 aromatic carbocycles. The van der Waals surface area contributed by atoms with Gasteiger partial charge in [-0.25, -0.2) is 0 Å². The van der Waals surface area contributed by atoms with E-state index in [2.05, 4.69) is 12.2 Å². The molecule has 1 rings (SSSR count). The van der Waals surface area contributed by atoms with E-state index in [0.717, 1.165) is 18.8 Å². The Morgan fingerprint density at radius 3 is 2.43 bits per heavy atom. The molecule has 122 valence electrons. The number of rotatable bonds is 9. The van der Waals surface area contributed by atoms with Gasteiger partial charge in [0.25, 0.3) is 0 Å². The van der Waals surface area contributed by atoms with E-state index in [9.17, 15) is 9.59 Å². The largest absolute Gasteiger partial charge is 0.466 e. The van der Waals surface area contributed by atoms with Crippen molar-refractivity contribution in [2.45, 2.75) is 71.6 Å². The predicted molar refractivity (Wildman–Crippen MR) is 83.8 cm³/mol. The smallest absolute Gasteiger partial charge is 0.305 e. The van der Waals surface area contributed by atoms with Crippen LogP contribution < -0.4 is 5.32 Å². The molecular formula is C17H31NO3. The average molecular weight is 297 g/mol. The lowest BCUT2D eigenvalue weighted by Crippen LogP contribution is -2.34. The normalized spacial score (nSPS) is 21.8. The first-order chi connectivity index (χ1) is 10.2. The summed E-state index contributed by atoms with van der Waals surface area (Å²) in [6.45, 7) is 5.03. The van der Waals surface area contributed by atoms with Gasteiger partial charge in [-0.2, -0.15) is 0 Å². The summed E-state index contributed by atoms with van der Waals surface area (Å²) in [6.07, 6.45) is 9.40. The average Bonchev–Trinajstić information content (AvgIpc) is 2.50. The zero-order valence-electron chi connectivity index (χ0n) is 13.7. The van der Waals surface area contributed by atoms with Crippen molar-refractivity contribution in [1.82, 2.24) is 5.32 Å². The van der Waals surface area contributed by atoms with E-state index < -0.39 is 0 Å². The molecule has 1 saturated carbocycles. The Bertz CT molecular complexity index is 309. The van der Waals surface area contributed by atoms with Crippen LogP contribution in [-0.2, 0) is 14.3 Å². The van der Waals surface area contributed by atoms with Crippen LogP contribution in [0.1, 0.15) is 71.6 Å². The molecule has 0 spiro atoms. The molecule has 1 aliphatic rings. The third-order valence-electron chi connectivity index (χ3n) is 4.35. The van der Waals surface area contributed by atoms with Gasteiger partial charge in [0.2, 0.25) is 5.91 Å². The van der Waals surface area contributed by atoms with Gasteiger partial charge < -0.3 is 10.1 Å². The van der Waals surface area contributed by atoms with Gasteiger partial charge in [-0.3, -0.25) is 9.59 Å². The van der Waals surface area contributed by atoms with Crippen LogP contribution in [0.5, 0.6) is 0 Å². The van der Waals surface area contributed by atoms with Gasteiger partial charge in [0, 0.05) is 18.9 Å². The Kier molecular flexibility index (Phi) is 9.11. The highest BCUT2D eigenvalue weighted by Gasteiger charge is 2.25. The highest BCUT2D eigenvalue weighted by molar-refractivity contribution is 5.78. The molecule has 4 heteroatoms. The number of esters is 1. The zero-order valence-corrected chi connectivity index (χ0v) is 13.7. The van der Waals surface area contributed by atoms with E-state index in [4.69, 9.17) is 4.74 Å². The molecule has 0 aromatic rings. The number of carbonyl (C=O) groups excluding carboxylic acids is 2. The van der Waals surface area contributed by atoms with E-state index in [1.165, 1.54) is 32.1 Å². The summed E-state index contributed by atoms with van der Waals surface area (Å²) in [5.74, 6) is 1.01. The maximum Gasteiger partial charge on any atom is 0.305 e. The molecule has 21 heavy (non-hydrogen) atoms. The van der Waals surface area contributed by atoms with Crippen molar-refractivity contribution < 1.29 is 14.3 Å². The SMILES string of the molecule is CCCCC1CCC(C(=O)NCCCC(=O)OCC)CC1. The lowest BCUT2D eigenvalue weighted by atomic mass is 9.79. The number of ether oxygens (including phenoxy) is 1. The van der Waals surface area contributed by atoms with Gasteiger partial charge in [-0.15, -0.1) is 0 Å². The second kappa shape index (κ2) is 10.6. The molecule has 0 atom stereocenters. The molecule has 1 amide bonds. The van der Waals surface area contributed by atoms with Crippen LogP contribution in [0.2, 0.25) is 0 Å². The number of nitrogens with one attached hydrogen (secondary N) is 1. The predicted octanol–water partition coefficient (Wildman–Crippen LogP) is 3.44. The minimum Gasteiger partial charge on any atom is -0.466 e. The Morgan fingerprint density at radius 2 is 1.81 bits per heavy atom. The van der Waals surface area contributed by atoms with Crippen molar-refractivity contribution in [3.8, 4) is 0 Å². The molecule has 0 aromatic heterocycles. The van der Waals surface area contributed by atoms with Crippen LogP contribution in [0.3, 0.4) is 0 Å². The van der Waals surface area contributed by atoms with Crippen molar-refractivity contribution in [1.29, 1.82) is 0 Å². The van der Waals surface area contributed by atoms with Crippen LogP contribution in [0.15, 0.2) is 0 Å². The molecule has 1 N–H and O–H groups in total. The third-order valence-corrected chi connectivity index (χ3v) is 4.35. The van der Waals surface area contributed by atoms with Gasteiger partial charge in [0.05, 0.1) is 6.61 Å². The van der Waals surface area contributed by atoms with Crippen molar-refractivity contribution >= 4 is 11.9 Å². The van der Waals surface area contributed by atoms with Crippen molar-refractivity contribution in [2.75, 3.05) is 13.2 Å². The standard InChI is InChI=1S/C17H31NO3/c1-3-5-7-14-9-11-15(12-10-14)17(20)18-13-6-8-16(19)21-4-2/h14-15H,3-13H2,1-2H3,(H,18,20).